The average molecular weight is 283 g/mol. The molecule has 116 valence electrons. The van der Waals surface area contributed by atoms with Crippen molar-refractivity contribution in [1.29, 1.82) is 0 Å². The van der Waals surface area contributed by atoms with Gasteiger partial charge in [0.1, 0.15) is 0 Å². The van der Waals surface area contributed by atoms with Crippen LogP contribution >= 0.6 is 0 Å². The zero-order valence-corrected chi connectivity index (χ0v) is 12.9. The number of nitrogens with zero attached hydrogens (tertiary/aromatic N) is 1. The molecule has 1 aliphatic heterocycles. The molecule has 0 radical (unpaired) electrons. The third-order valence-electron chi connectivity index (χ3n) is 4.87. The first kappa shape index (κ1) is 15.8. The zero-order chi connectivity index (χ0) is 14.5. The zero-order valence-electron chi connectivity index (χ0n) is 12.9. The molecule has 4 nitrogen and oxygen atoms in total. The second-order valence-electron chi connectivity index (χ2n) is 6.58. The molecule has 0 bridgehead atoms. The van der Waals surface area contributed by atoms with Crippen LogP contribution in [0.1, 0.15) is 51.9 Å². The smallest absolute Gasteiger partial charge is 0.223 e. The van der Waals surface area contributed by atoms with E-state index in [0.717, 1.165) is 38.6 Å². The minimum Gasteiger partial charge on any atom is -0.393 e. The largest absolute Gasteiger partial charge is 0.393 e. The molecule has 1 saturated heterocycles. The van der Waals surface area contributed by atoms with Crippen molar-refractivity contribution in [2.75, 3.05) is 20.3 Å². The molecule has 0 aromatic heterocycles. The molecule has 1 amide bonds. The van der Waals surface area contributed by atoms with E-state index in [1.165, 1.54) is 6.42 Å². The minimum absolute atomic E-state index is 0.210. The van der Waals surface area contributed by atoms with E-state index in [9.17, 15) is 9.90 Å². The predicted octanol–water partition coefficient (Wildman–Crippen LogP) is 2.20. The topological polar surface area (TPSA) is 49.8 Å². The second kappa shape index (κ2) is 7.41. The lowest BCUT2D eigenvalue weighted by Crippen LogP contribution is -2.45. The van der Waals surface area contributed by atoms with Crippen molar-refractivity contribution in [1.82, 2.24) is 4.90 Å². The van der Waals surface area contributed by atoms with Crippen molar-refractivity contribution in [3.8, 4) is 0 Å². The fourth-order valence-corrected chi connectivity index (χ4v) is 3.89. The number of hydrogen-bond acceptors (Lipinski definition) is 3. The maximum Gasteiger partial charge on any atom is 0.223 e. The fourth-order valence-electron chi connectivity index (χ4n) is 3.89. The molecule has 1 saturated carbocycles. The van der Waals surface area contributed by atoms with Crippen molar-refractivity contribution >= 4 is 5.91 Å². The van der Waals surface area contributed by atoms with Crippen molar-refractivity contribution in [2.24, 2.45) is 11.8 Å². The molecule has 0 spiro atoms. The lowest BCUT2D eigenvalue weighted by molar-refractivity contribution is -0.135. The Labute approximate surface area is 122 Å². The maximum absolute atomic E-state index is 12.5. The number of methoxy groups -OCH3 is 1. The van der Waals surface area contributed by atoms with E-state index in [1.54, 1.807) is 7.11 Å². The number of ether oxygens (including phenoxy) is 1. The van der Waals surface area contributed by atoms with Gasteiger partial charge in [0.05, 0.1) is 6.10 Å². The molecule has 20 heavy (non-hydrogen) atoms. The SMILES string of the molecule is COCC(C)CC(=O)N1CCCC1C1CCCCC1O. The molecule has 2 aliphatic rings. The van der Waals surface area contributed by atoms with Gasteiger partial charge in [-0.3, -0.25) is 4.79 Å². The first-order valence-electron chi connectivity index (χ1n) is 8.10. The lowest BCUT2D eigenvalue weighted by Gasteiger charge is -2.37. The lowest BCUT2D eigenvalue weighted by atomic mass is 9.80. The summed E-state index contributed by atoms with van der Waals surface area (Å²) < 4.78 is 5.12. The third-order valence-corrected chi connectivity index (χ3v) is 4.87. The van der Waals surface area contributed by atoms with Gasteiger partial charge in [0, 0.05) is 38.6 Å². The maximum atomic E-state index is 12.5. The summed E-state index contributed by atoms with van der Waals surface area (Å²) in [6, 6.07) is 0.271. The summed E-state index contributed by atoms with van der Waals surface area (Å²) in [5.41, 5.74) is 0. The summed E-state index contributed by atoms with van der Waals surface area (Å²) in [5.74, 6) is 0.813. The van der Waals surface area contributed by atoms with Crippen molar-refractivity contribution in [3.63, 3.8) is 0 Å². The average Bonchev–Trinajstić information content (AvgIpc) is 2.88. The van der Waals surface area contributed by atoms with E-state index < -0.39 is 0 Å². The second-order valence-corrected chi connectivity index (χ2v) is 6.58. The summed E-state index contributed by atoms with van der Waals surface area (Å²) in [5, 5.41) is 10.2. The van der Waals surface area contributed by atoms with Gasteiger partial charge in [0.2, 0.25) is 5.91 Å². The molecule has 2 fully saturated rings. The molecule has 0 aromatic rings. The fraction of sp³-hybridized carbons (Fsp3) is 0.938. The van der Waals surface area contributed by atoms with Crippen molar-refractivity contribution < 1.29 is 14.6 Å². The van der Waals surface area contributed by atoms with Gasteiger partial charge in [-0.15, -0.1) is 0 Å². The van der Waals surface area contributed by atoms with E-state index in [-0.39, 0.29) is 24.0 Å². The highest BCUT2D eigenvalue weighted by molar-refractivity contribution is 5.77. The van der Waals surface area contributed by atoms with Crippen LogP contribution in [-0.2, 0) is 9.53 Å². The van der Waals surface area contributed by atoms with Crippen LogP contribution in [-0.4, -0.2) is 48.3 Å². The Balaban J connectivity index is 1.94. The summed E-state index contributed by atoms with van der Waals surface area (Å²) in [4.78, 5) is 14.5. The molecule has 1 aliphatic carbocycles. The van der Waals surface area contributed by atoms with Crippen LogP contribution in [0.25, 0.3) is 0 Å². The normalized spacial score (nSPS) is 32.4. The van der Waals surface area contributed by atoms with Crippen molar-refractivity contribution in [2.45, 2.75) is 64.0 Å². The standard InChI is InChI=1S/C16H29NO3/c1-12(11-20-2)10-16(19)17-9-5-7-14(17)13-6-3-4-8-15(13)18/h12-15,18H,3-11H2,1-2H3. The van der Waals surface area contributed by atoms with Crippen LogP contribution in [0, 0.1) is 11.8 Å². The summed E-state index contributed by atoms with van der Waals surface area (Å²) >= 11 is 0. The number of hydrogen-bond donors (Lipinski definition) is 1. The first-order chi connectivity index (χ1) is 9.63. The molecule has 4 unspecified atom stereocenters. The van der Waals surface area contributed by atoms with Crippen LogP contribution < -0.4 is 0 Å². The minimum atomic E-state index is -0.210. The highest BCUT2D eigenvalue weighted by Crippen LogP contribution is 2.35. The predicted molar refractivity (Wildman–Crippen MR) is 78.4 cm³/mol. The van der Waals surface area contributed by atoms with Gasteiger partial charge in [-0.05, 0) is 31.6 Å². The van der Waals surface area contributed by atoms with Gasteiger partial charge in [-0.1, -0.05) is 19.8 Å². The molecular formula is C16H29NO3. The Kier molecular flexibility index (Phi) is 5.85. The summed E-state index contributed by atoms with van der Waals surface area (Å²) in [6.07, 6.45) is 6.80. The molecule has 4 heteroatoms. The van der Waals surface area contributed by atoms with Crippen LogP contribution in [0.5, 0.6) is 0 Å². The molecule has 1 heterocycles. The number of carbonyl (C=O) groups excluding carboxylic acids is 1. The van der Waals surface area contributed by atoms with Gasteiger partial charge >= 0.3 is 0 Å². The monoisotopic (exact) mass is 283 g/mol. The highest BCUT2D eigenvalue weighted by atomic mass is 16.5. The molecule has 4 atom stereocenters. The van der Waals surface area contributed by atoms with Gasteiger partial charge in [-0.2, -0.15) is 0 Å². The third kappa shape index (κ3) is 3.73. The number of likely N-dealkylation sites (tertiary alicyclic amines) is 1. The Morgan fingerprint density at radius 3 is 2.75 bits per heavy atom. The van der Waals surface area contributed by atoms with E-state index >= 15 is 0 Å². The first-order valence-corrected chi connectivity index (χ1v) is 8.10. The molecular weight excluding hydrogens is 254 g/mol. The Morgan fingerprint density at radius 1 is 1.30 bits per heavy atom. The Hall–Kier alpha value is -0.610. The van der Waals surface area contributed by atoms with Gasteiger partial charge in [-0.25, -0.2) is 0 Å². The number of aliphatic hydroxyl groups is 1. The van der Waals surface area contributed by atoms with Crippen molar-refractivity contribution in [3.05, 3.63) is 0 Å². The number of aliphatic hydroxyl groups excluding tert-OH is 1. The van der Waals surface area contributed by atoms with Crippen LogP contribution in [0.3, 0.4) is 0 Å². The molecule has 1 N–H and O–H groups in total. The van der Waals surface area contributed by atoms with E-state index in [1.807, 2.05) is 4.90 Å². The summed E-state index contributed by atoms with van der Waals surface area (Å²) in [6.45, 7) is 3.56. The van der Waals surface area contributed by atoms with E-state index in [2.05, 4.69) is 6.92 Å². The van der Waals surface area contributed by atoms with E-state index in [0.29, 0.717) is 18.9 Å². The number of amides is 1. The van der Waals surface area contributed by atoms with Gasteiger partial charge in [0.15, 0.2) is 0 Å². The number of carbonyl (C=O) groups is 1. The van der Waals surface area contributed by atoms with Gasteiger partial charge < -0.3 is 14.7 Å². The Morgan fingerprint density at radius 2 is 2.05 bits per heavy atom. The van der Waals surface area contributed by atoms with Crippen LogP contribution in [0.15, 0.2) is 0 Å². The Bertz CT molecular complexity index is 321. The van der Waals surface area contributed by atoms with Crippen LogP contribution in [0.2, 0.25) is 0 Å². The van der Waals surface area contributed by atoms with Gasteiger partial charge in [0.25, 0.3) is 0 Å². The molecule has 2 rings (SSSR count). The van der Waals surface area contributed by atoms with E-state index in [4.69, 9.17) is 4.74 Å². The number of rotatable bonds is 5. The summed E-state index contributed by atoms with van der Waals surface area (Å²) in [7, 11) is 1.68. The quantitative estimate of drug-likeness (QED) is 0.841. The molecule has 0 aromatic carbocycles. The van der Waals surface area contributed by atoms with Crippen LogP contribution in [0.4, 0.5) is 0 Å². The highest BCUT2D eigenvalue weighted by Gasteiger charge is 2.38.